The Bertz CT molecular complexity index is 346. The normalized spacial score (nSPS) is 13.0. The van der Waals surface area contributed by atoms with E-state index >= 15 is 0 Å². The first-order valence-electron chi connectivity index (χ1n) is 7.10. The van der Waals surface area contributed by atoms with Gasteiger partial charge in [0.2, 0.25) is 0 Å². The zero-order valence-electron chi connectivity index (χ0n) is 12.8. The van der Waals surface area contributed by atoms with E-state index in [1.165, 1.54) is 5.56 Å². The van der Waals surface area contributed by atoms with Gasteiger partial charge in [0.15, 0.2) is 0 Å². The van der Waals surface area contributed by atoms with Crippen LogP contribution in [0.25, 0.3) is 0 Å². The fraction of sp³-hybridized carbons (Fsp3) is 0.625. The van der Waals surface area contributed by atoms with Gasteiger partial charge in [-0.2, -0.15) is 0 Å². The van der Waals surface area contributed by atoms with E-state index in [1.807, 2.05) is 26.0 Å². The maximum Gasteiger partial charge on any atom is 0.119 e. The van der Waals surface area contributed by atoms with Crippen LogP contribution in [0.5, 0.6) is 5.75 Å². The van der Waals surface area contributed by atoms with Crippen LogP contribution in [0.15, 0.2) is 24.3 Å². The van der Waals surface area contributed by atoms with Gasteiger partial charge in [-0.05, 0) is 52.3 Å². The lowest BCUT2D eigenvalue weighted by atomic mass is 10.1. The minimum Gasteiger partial charge on any atom is -0.491 e. The average Bonchev–Trinajstić information content (AvgIpc) is 2.34. The topological polar surface area (TPSA) is 30.5 Å². The van der Waals surface area contributed by atoms with E-state index in [2.05, 4.69) is 38.2 Å². The highest BCUT2D eigenvalue weighted by Gasteiger charge is 2.05. The lowest BCUT2D eigenvalue weighted by Gasteiger charge is -2.16. The Labute approximate surface area is 117 Å². The lowest BCUT2D eigenvalue weighted by molar-refractivity contribution is 0.0796. The highest BCUT2D eigenvalue weighted by molar-refractivity contribution is 5.29. The van der Waals surface area contributed by atoms with Gasteiger partial charge in [0.05, 0.1) is 18.8 Å². The predicted molar refractivity (Wildman–Crippen MR) is 79.7 cm³/mol. The molecule has 0 aliphatic heterocycles. The zero-order chi connectivity index (χ0) is 14.3. The first-order chi connectivity index (χ1) is 8.99. The molecule has 0 fully saturated rings. The van der Waals surface area contributed by atoms with Crippen molar-refractivity contribution >= 4 is 0 Å². The summed E-state index contributed by atoms with van der Waals surface area (Å²) in [6.45, 7) is 11.9. The van der Waals surface area contributed by atoms with E-state index in [9.17, 15) is 0 Å². The molecule has 19 heavy (non-hydrogen) atoms. The van der Waals surface area contributed by atoms with Crippen LogP contribution in [-0.4, -0.2) is 25.4 Å². The first-order valence-corrected chi connectivity index (χ1v) is 7.10. The maximum absolute atomic E-state index is 5.63. The molecule has 0 saturated heterocycles. The SMILES string of the molecule is CC(C)OCCNC(C)c1ccc(OC(C)C)cc1. The molecule has 0 heterocycles. The summed E-state index contributed by atoms with van der Waals surface area (Å²) in [6, 6.07) is 8.59. The number of ether oxygens (including phenoxy) is 2. The second kappa shape index (κ2) is 8.18. The van der Waals surface area contributed by atoms with Crippen LogP contribution >= 0.6 is 0 Å². The van der Waals surface area contributed by atoms with Crippen LogP contribution in [0.3, 0.4) is 0 Å². The van der Waals surface area contributed by atoms with Crippen molar-refractivity contribution in [3.05, 3.63) is 29.8 Å². The fourth-order valence-corrected chi connectivity index (χ4v) is 1.80. The minimum atomic E-state index is 0.217. The molecule has 1 atom stereocenters. The van der Waals surface area contributed by atoms with E-state index in [0.717, 1.165) is 18.9 Å². The van der Waals surface area contributed by atoms with Gasteiger partial charge in [-0.1, -0.05) is 12.1 Å². The van der Waals surface area contributed by atoms with Crippen LogP contribution in [0.4, 0.5) is 0 Å². The predicted octanol–water partition coefficient (Wildman–Crippen LogP) is 3.55. The quantitative estimate of drug-likeness (QED) is 0.729. The highest BCUT2D eigenvalue weighted by atomic mass is 16.5. The minimum absolute atomic E-state index is 0.217. The number of hydrogen-bond donors (Lipinski definition) is 1. The summed E-state index contributed by atoms with van der Waals surface area (Å²) < 4.78 is 11.1. The molecule has 108 valence electrons. The van der Waals surface area contributed by atoms with Crippen molar-refractivity contribution in [2.75, 3.05) is 13.2 Å². The van der Waals surface area contributed by atoms with Crippen molar-refractivity contribution in [1.29, 1.82) is 0 Å². The summed E-state index contributed by atoms with van der Waals surface area (Å²) in [4.78, 5) is 0. The third kappa shape index (κ3) is 6.60. The van der Waals surface area contributed by atoms with Gasteiger partial charge in [0.1, 0.15) is 5.75 Å². The van der Waals surface area contributed by atoms with E-state index in [1.54, 1.807) is 0 Å². The van der Waals surface area contributed by atoms with Crippen LogP contribution < -0.4 is 10.1 Å². The number of benzene rings is 1. The molecule has 1 rings (SSSR count). The third-order valence-corrected chi connectivity index (χ3v) is 2.76. The third-order valence-electron chi connectivity index (χ3n) is 2.76. The molecule has 1 unspecified atom stereocenters. The highest BCUT2D eigenvalue weighted by Crippen LogP contribution is 2.18. The second-order valence-electron chi connectivity index (χ2n) is 5.33. The lowest BCUT2D eigenvalue weighted by Crippen LogP contribution is -2.24. The Hall–Kier alpha value is -1.06. The van der Waals surface area contributed by atoms with E-state index in [0.29, 0.717) is 12.1 Å². The van der Waals surface area contributed by atoms with Gasteiger partial charge in [-0.3, -0.25) is 0 Å². The number of rotatable bonds is 8. The Balaban J connectivity index is 2.37. The summed E-state index contributed by atoms with van der Waals surface area (Å²) >= 11 is 0. The van der Waals surface area contributed by atoms with Crippen molar-refractivity contribution in [2.24, 2.45) is 0 Å². The molecule has 1 aromatic rings. The molecule has 0 amide bonds. The molecule has 0 bridgehead atoms. The second-order valence-corrected chi connectivity index (χ2v) is 5.33. The fourth-order valence-electron chi connectivity index (χ4n) is 1.80. The Morgan fingerprint density at radius 1 is 0.947 bits per heavy atom. The monoisotopic (exact) mass is 265 g/mol. The van der Waals surface area contributed by atoms with Crippen LogP contribution in [0.2, 0.25) is 0 Å². The van der Waals surface area contributed by atoms with Gasteiger partial charge < -0.3 is 14.8 Å². The van der Waals surface area contributed by atoms with Gasteiger partial charge >= 0.3 is 0 Å². The van der Waals surface area contributed by atoms with Gasteiger partial charge in [0, 0.05) is 12.6 Å². The van der Waals surface area contributed by atoms with Gasteiger partial charge in [0.25, 0.3) is 0 Å². The molecular weight excluding hydrogens is 238 g/mol. The van der Waals surface area contributed by atoms with E-state index < -0.39 is 0 Å². The largest absolute Gasteiger partial charge is 0.491 e. The molecule has 0 radical (unpaired) electrons. The molecule has 0 aromatic heterocycles. The Kier molecular flexibility index (Phi) is 6.89. The first kappa shape index (κ1) is 16.0. The summed E-state index contributed by atoms with van der Waals surface area (Å²) in [5.41, 5.74) is 1.26. The summed E-state index contributed by atoms with van der Waals surface area (Å²) in [6.07, 6.45) is 0.513. The van der Waals surface area contributed by atoms with Crippen LogP contribution in [-0.2, 0) is 4.74 Å². The van der Waals surface area contributed by atoms with Crippen molar-refractivity contribution in [3.63, 3.8) is 0 Å². The van der Waals surface area contributed by atoms with Crippen LogP contribution in [0.1, 0.15) is 46.2 Å². The van der Waals surface area contributed by atoms with Gasteiger partial charge in [-0.15, -0.1) is 0 Å². The van der Waals surface area contributed by atoms with E-state index in [4.69, 9.17) is 9.47 Å². The smallest absolute Gasteiger partial charge is 0.119 e. The molecule has 0 spiro atoms. The molecule has 1 aromatic carbocycles. The molecule has 0 aliphatic rings. The maximum atomic E-state index is 5.63. The van der Waals surface area contributed by atoms with Crippen LogP contribution in [0, 0.1) is 0 Å². The summed E-state index contributed by atoms with van der Waals surface area (Å²) in [5, 5.41) is 3.45. The molecule has 0 saturated carbocycles. The Morgan fingerprint density at radius 3 is 2.11 bits per heavy atom. The van der Waals surface area contributed by atoms with Crippen molar-refractivity contribution in [3.8, 4) is 5.75 Å². The van der Waals surface area contributed by atoms with Crippen molar-refractivity contribution in [2.45, 2.75) is 52.9 Å². The van der Waals surface area contributed by atoms with Gasteiger partial charge in [-0.25, -0.2) is 0 Å². The molecule has 0 aliphatic carbocycles. The van der Waals surface area contributed by atoms with E-state index in [-0.39, 0.29) is 6.10 Å². The Morgan fingerprint density at radius 2 is 1.58 bits per heavy atom. The molecule has 3 heteroatoms. The average molecular weight is 265 g/mol. The zero-order valence-corrected chi connectivity index (χ0v) is 12.8. The molecule has 3 nitrogen and oxygen atoms in total. The number of nitrogens with one attached hydrogen (secondary N) is 1. The summed E-state index contributed by atoms with van der Waals surface area (Å²) in [5.74, 6) is 0.925. The summed E-state index contributed by atoms with van der Waals surface area (Å²) in [7, 11) is 0. The standard InChI is InChI=1S/C16H27NO2/c1-12(2)18-11-10-17-14(5)15-6-8-16(9-7-15)19-13(3)4/h6-9,12-14,17H,10-11H2,1-5H3. The van der Waals surface area contributed by atoms with Crippen molar-refractivity contribution in [1.82, 2.24) is 5.32 Å². The molecule has 1 N–H and O–H groups in total. The molecular formula is C16H27NO2. The number of hydrogen-bond acceptors (Lipinski definition) is 3. The van der Waals surface area contributed by atoms with Crippen molar-refractivity contribution < 1.29 is 9.47 Å².